The molecule has 12 heteroatoms. The number of allylic oxidation sites excluding steroid dienone is 3. The highest BCUT2D eigenvalue weighted by Crippen LogP contribution is 2.58. The van der Waals surface area contributed by atoms with Crippen LogP contribution in [0.4, 0.5) is 9.59 Å². The topological polar surface area (TPSA) is 156 Å². The molecule has 0 aromatic heterocycles. The van der Waals surface area contributed by atoms with Gasteiger partial charge in [0, 0.05) is 5.92 Å². The summed E-state index contributed by atoms with van der Waals surface area (Å²) in [6.07, 6.45) is 4.47. The van der Waals surface area contributed by atoms with Gasteiger partial charge in [0.05, 0.1) is 7.11 Å². The number of benzene rings is 1. The molecular formula is C38H54N2O10. The summed E-state index contributed by atoms with van der Waals surface area (Å²) in [6.45, 7) is 21.3. The van der Waals surface area contributed by atoms with Crippen LogP contribution in [0.5, 0.6) is 17.2 Å². The van der Waals surface area contributed by atoms with Crippen LogP contribution in [0.1, 0.15) is 95.1 Å². The highest BCUT2D eigenvalue weighted by Gasteiger charge is 2.54. The lowest BCUT2D eigenvalue weighted by molar-refractivity contribution is -0.140. The van der Waals surface area contributed by atoms with Crippen molar-refractivity contribution in [2.75, 3.05) is 7.11 Å². The average molecular weight is 699 g/mol. The van der Waals surface area contributed by atoms with Crippen LogP contribution in [0.2, 0.25) is 0 Å². The third-order valence-corrected chi connectivity index (χ3v) is 8.65. The van der Waals surface area contributed by atoms with Gasteiger partial charge in [0.2, 0.25) is 5.75 Å². The van der Waals surface area contributed by atoms with E-state index in [0.29, 0.717) is 5.56 Å². The van der Waals surface area contributed by atoms with E-state index in [-0.39, 0.29) is 40.3 Å². The molecule has 0 heterocycles. The van der Waals surface area contributed by atoms with E-state index in [9.17, 15) is 24.0 Å². The van der Waals surface area contributed by atoms with Gasteiger partial charge in [-0.15, -0.1) is 0 Å². The Morgan fingerprint density at radius 3 is 1.68 bits per heavy atom. The molecular weight excluding hydrogens is 644 g/mol. The molecule has 3 aliphatic carbocycles. The van der Waals surface area contributed by atoms with Gasteiger partial charge >= 0.3 is 24.1 Å². The van der Waals surface area contributed by atoms with E-state index in [1.165, 1.54) is 13.2 Å². The van der Waals surface area contributed by atoms with Crippen molar-refractivity contribution in [3.63, 3.8) is 0 Å². The van der Waals surface area contributed by atoms with Crippen molar-refractivity contribution in [1.82, 2.24) is 10.6 Å². The molecule has 12 nitrogen and oxygen atoms in total. The third-order valence-electron chi connectivity index (χ3n) is 8.65. The summed E-state index contributed by atoms with van der Waals surface area (Å²) in [5, 5.41) is 5.13. The molecule has 2 bridgehead atoms. The number of ether oxygens (including phenoxy) is 5. The summed E-state index contributed by atoms with van der Waals surface area (Å²) in [4.78, 5) is 65.2. The Labute approximate surface area is 295 Å². The number of hydrogen-bond acceptors (Lipinski definition) is 10. The number of amides is 2. The fourth-order valence-electron chi connectivity index (χ4n) is 5.92. The summed E-state index contributed by atoms with van der Waals surface area (Å²) >= 11 is 0. The van der Waals surface area contributed by atoms with Gasteiger partial charge in [-0.05, 0) is 100 Å². The number of carbonyl (C=O) groups excluding carboxylic acids is 5. The monoisotopic (exact) mass is 698 g/mol. The number of methoxy groups -OCH3 is 1. The van der Waals surface area contributed by atoms with E-state index in [1.807, 2.05) is 6.08 Å². The molecule has 1 fully saturated rings. The van der Waals surface area contributed by atoms with E-state index < -0.39 is 59.2 Å². The first-order valence-corrected chi connectivity index (χ1v) is 17.0. The number of nitrogens with one attached hydrogen (secondary N) is 2. The zero-order valence-electron chi connectivity index (χ0n) is 31.6. The van der Waals surface area contributed by atoms with Crippen LogP contribution < -0.4 is 24.8 Å². The molecule has 3 aliphatic rings. The Morgan fingerprint density at radius 1 is 0.780 bits per heavy atom. The molecule has 4 rings (SSSR count). The molecule has 0 radical (unpaired) electrons. The van der Waals surface area contributed by atoms with Gasteiger partial charge < -0.3 is 34.3 Å². The summed E-state index contributed by atoms with van der Waals surface area (Å²) in [6, 6.07) is 0.820. The molecule has 0 aliphatic heterocycles. The molecule has 1 aromatic carbocycles. The lowest BCUT2D eigenvalue weighted by Crippen LogP contribution is -2.52. The highest BCUT2D eigenvalue weighted by atomic mass is 16.6. The minimum Gasteiger partial charge on any atom is -0.493 e. The number of alkyl carbamates (subject to hydrolysis) is 2. The molecule has 2 amide bonds. The van der Waals surface area contributed by atoms with Crippen molar-refractivity contribution in [3.8, 4) is 17.2 Å². The lowest BCUT2D eigenvalue weighted by atomic mass is 9.48. The Morgan fingerprint density at radius 2 is 1.26 bits per heavy atom. The van der Waals surface area contributed by atoms with Crippen molar-refractivity contribution < 1.29 is 47.7 Å². The van der Waals surface area contributed by atoms with E-state index >= 15 is 0 Å². The Balaban J connectivity index is 2.03. The molecule has 1 aromatic rings. The van der Waals surface area contributed by atoms with Crippen LogP contribution in [0.15, 0.2) is 29.9 Å². The van der Waals surface area contributed by atoms with Gasteiger partial charge in [0.1, 0.15) is 23.3 Å². The smallest absolute Gasteiger partial charge is 0.408 e. The fourth-order valence-corrected chi connectivity index (χ4v) is 5.92. The molecule has 4 atom stereocenters. The van der Waals surface area contributed by atoms with Gasteiger partial charge in [-0.25, -0.2) is 19.2 Å². The van der Waals surface area contributed by atoms with Crippen LogP contribution in [0.25, 0.3) is 6.08 Å². The quantitative estimate of drug-likeness (QED) is 0.186. The first kappa shape index (κ1) is 40.1. The average Bonchev–Trinajstić information content (AvgIpc) is 2.95. The maximum absolute atomic E-state index is 13.7. The Kier molecular flexibility index (Phi) is 12.2. The van der Waals surface area contributed by atoms with Crippen LogP contribution in [0.3, 0.4) is 0 Å². The van der Waals surface area contributed by atoms with Gasteiger partial charge in [-0.3, -0.25) is 4.79 Å². The Bertz CT molecular complexity index is 1540. The molecule has 1 saturated carbocycles. The molecule has 50 heavy (non-hydrogen) atoms. The van der Waals surface area contributed by atoms with Crippen LogP contribution >= 0.6 is 0 Å². The van der Waals surface area contributed by atoms with Gasteiger partial charge in [0.15, 0.2) is 17.3 Å². The first-order valence-electron chi connectivity index (χ1n) is 17.0. The van der Waals surface area contributed by atoms with Gasteiger partial charge in [0.25, 0.3) is 0 Å². The van der Waals surface area contributed by atoms with Crippen molar-refractivity contribution in [3.05, 3.63) is 35.4 Å². The predicted octanol–water partition coefficient (Wildman–Crippen LogP) is 6.79. The second-order valence-corrected chi connectivity index (χ2v) is 16.2. The van der Waals surface area contributed by atoms with Gasteiger partial charge in [-0.2, -0.15) is 0 Å². The third kappa shape index (κ3) is 10.1. The van der Waals surface area contributed by atoms with E-state index in [0.717, 1.165) is 12.0 Å². The largest absolute Gasteiger partial charge is 0.493 e. The van der Waals surface area contributed by atoms with Crippen LogP contribution in [0, 0.1) is 29.1 Å². The first-order chi connectivity index (χ1) is 22.9. The molecule has 276 valence electrons. The van der Waals surface area contributed by atoms with E-state index in [2.05, 4.69) is 24.5 Å². The van der Waals surface area contributed by atoms with Crippen LogP contribution in [-0.2, 0) is 23.9 Å². The van der Waals surface area contributed by atoms with E-state index in [1.54, 1.807) is 87.5 Å². The lowest BCUT2D eigenvalue weighted by Gasteiger charge is -2.54. The minimum absolute atomic E-state index is 0.0207. The predicted molar refractivity (Wildman–Crippen MR) is 188 cm³/mol. The summed E-state index contributed by atoms with van der Waals surface area (Å²) in [5.41, 5.74) is -0.342. The molecule has 1 unspecified atom stereocenters. The summed E-state index contributed by atoms with van der Waals surface area (Å²) < 4.78 is 28.0. The molecule has 0 spiro atoms. The SMILES string of the molecule is COc1cc(/C=C/C2=CC(=O)[C@H]3C[C@@H]2C3(C)C)cc(OC(=O)[C@@H](NC(=O)OC(C)(C)C)C(C)C)c1OC(=O)C(NC(=O)OC(C)(C)C)C(C)C. The Hall–Kier alpha value is -4.35. The summed E-state index contributed by atoms with van der Waals surface area (Å²) in [7, 11) is 1.37. The van der Waals surface area contributed by atoms with Crippen molar-refractivity contribution >= 4 is 36.0 Å². The fraction of sp³-hybridized carbons (Fsp3) is 0.605. The number of esters is 2. The maximum atomic E-state index is 13.7. The highest BCUT2D eigenvalue weighted by molar-refractivity contribution is 5.97. The standard InChI is InChI=1S/C38H54N2O10/c1-20(2)29(39-34(44)49-36(5,6)7)32(42)47-28-17-22(14-15-23-18-26(41)25-19-24(23)38(25,11)12)16-27(46-13)31(28)48-33(43)30(21(3)4)40-35(45)50-37(8,9)10/h14-18,20-21,24-25,29-30H,19H2,1-13H3,(H,39,44)(H,40,45)/b15-14+/t24-,25+,29-,30?/m0/s1. The number of hydrogen-bond donors (Lipinski definition) is 2. The zero-order chi connectivity index (χ0) is 37.9. The number of carbonyl (C=O) groups is 5. The van der Waals surface area contributed by atoms with Crippen molar-refractivity contribution in [2.45, 2.75) is 113 Å². The molecule has 0 saturated heterocycles. The normalized spacial score (nSPS) is 19.6. The number of fused-ring (bicyclic) bond motifs is 1. The van der Waals surface area contributed by atoms with Crippen LogP contribution in [-0.4, -0.2) is 60.3 Å². The minimum atomic E-state index is -1.14. The zero-order valence-corrected chi connectivity index (χ0v) is 31.6. The summed E-state index contributed by atoms with van der Waals surface area (Å²) in [5.74, 6) is -2.52. The second-order valence-electron chi connectivity index (χ2n) is 16.2. The second kappa shape index (κ2) is 15.3. The van der Waals surface area contributed by atoms with Crippen molar-refractivity contribution in [1.29, 1.82) is 0 Å². The van der Waals surface area contributed by atoms with Crippen molar-refractivity contribution in [2.24, 2.45) is 29.1 Å². The number of rotatable bonds is 11. The maximum Gasteiger partial charge on any atom is 0.408 e. The van der Waals surface area contributed by atoms with E-state index in [4.69, 9.17) is 23.7 Å². The molecule has 2 N–H and O–H groups in total. The number of ketones is 1. The van der Waals surface area contributed by atoms with Gasteiger partial charge in [-0.1, -0.05) is 53.7 Å².